The van der Waals surface area contributed by atoms with Gasteiger partial charge in [-0.25, -0.2) is 0 Å². The lowest BCUT2D eigenvalue weighted by molar-refractivity contribution is -0.788. The van der Waals surface area contributed by atoms with Crippen LogP contribution in [0.15, 0.2) is 30.3 Å². The Morgan fingerprint density at radius 2 is 1.37 bits per heavy atom. The molecule has 0 aliphatic heterocycles. The molecule has 38 heavy (non-hydrogen) atoms. The number of Topliss-reactive ketones (excluding diaryl/α,β-unsaturated/α-hetero) is 1. The highest BCUT2D eigenvalue weighted by atomic mass is 33.1. The predicted molar refractivity (Wildman–Crippen MR) is 136 cm³/mol. The van der Waals surface area contributed by atoms with Crippen LogP contribution in [0, 0.1) is 51.6 Å². The molecule has 0 aliphatic carbocycles. The van der Waals surface area contributed by atoms with Crippen LogP contribution in [0.3, 0.4) is 0 Å². The van der Waals surface area contributed by atoms with Crippen LogP contribution in [0.5, 0.6) is 0 Å². The fraction of sp³-hybridized carbons (Fsp3) is 0.500. The molecule has 0 saturated heterocycles. The van der Waals surface area contributed by atoms with Gasteiger partial charge in [-0.3, -0.25) is 4.79 Å². The Kier molecular flexibility index (Phi) is 19.3. The lowest BCUT2D eigenvalue weighted by Gasteiger charge is -2.12. The van der Waals surface area contributed by atoms with Gasteiger partial charge in [-0.1, -0.05) is 57.5 Å². The van der Waals surface area contributed by atoms with Gasteiger partial charge in [0.2, 0.25) is 0 Å². The molecule has 2 unspecified atom stereocenters. The van der Waals surface area contributed by atoms with Crippen molar-refractivity contribution in [1.82, 2.24) is 0 Å². The average Bonchev–Trinajstić information content (AvgIpc) is 2.83. The lowest BCUT2D eigenvalue weighted by atomic mass is 10.2. The first-order valence-corrected chi connectivity index (χ1v) is 13.6. The third-order valence-corrected chi connectivity index (χ3v) is 6.63. The van der Waals surface area contributed by atoms with Crippen molar-refractivity contribution in [2.45, 2.75) is 25.6 Å². The van der Waals surface area contributed by atoms with Crippen LogP contribution in [0.1, 0.15) is 18.9 Å². The highest BCUT2D eigenvalue weighted by Crippen LogP contribution is 2.23. The maximum atomic E-state index is 10.6. The van der Waals surface area contributed by atoms with E-state index in [2.05, 4.69) is 30.5 Å². The Balaban J connectivity index is 0.000000726. The summed E-state index contributed by atoms with van der Waals surface area (Å²) in [5, 5.41) is 39.0. The second-order valence-corrected chi connectivity index (χ2v) is 9.86. The molecule has 0 heterocycles. The van der Waals surface area contributed by atoms with Crippen molar-refractivity contribution in [2.24, 2.45) is 0 Å². The fourth-order valence-electron chi connectivity index (χ4n) is 1.87. The number of thioether (sulfide) groups is 1. The smallest absolute Gasteiger partial charge is 0.294 e. The molecule has 0 aliphatic rings. The van der Waals surface area contributed by atoms with E-state index in [0.29, 0.717) is 12.2 Å². The number of nitrogens with zero attached hydrogens (tertiary/aromatic N) is 4. The largest absolute Gasteiger partial charge is 0.312 e. The van der Waals surface area contributed by atoms with Crippen molar-refractivity contribution < 1.29 is 44.5 Å². The Bertz CT molecular complexity index is 962. The summed E-state index contributed by atoms with van der Waals surface area (Å²) >= 11 is 1.06. The van der Waals surface area contributed by atoms with E-state index in [1.807, 2.05) is 30.3 Å². The van der Waals surface area contributed by atoms with Gasteiger partial charge in [0.05, 0.1) is 0 Å². The van der Waals surface area contributed by atoms with E-state index < -0.39 is 45.8 Å². The first kappa shape index (κ1) is 34.3. The number of ketones is 1. The average molecular weight is 599 g/mol. The number of benzene rings is 1. The molecule has 1 rings (SSSR count). The molecule has 0 aromatic heterocycles. The van der Waals surface area contributed by atoms with Gasteiger partial charge in [-0.15, -0.1) is 40.5 Å². The molecule has 0 saturated carbocycles. The molecule has 2 atom stereocenters. The first-order valence-electron chi connectivity index (χ1n) is 10.1. The number of rotatable bonds is 18. The van der Waals surface area contributed by atoms with Crippen molar-refractivity contribution in [1.29, 1.82) is 0 Å². The zero-order valence-corrected chi connectivity index (χ0v) is 22.1. The molecule has 1 aromatic rings. The third-order valence-electron chi connectivity index (χ3n) is 3.39. The van der Waals surface area contributed by atoms with E-state index in [1.54, 1.807) is 0 Å². The Hall–Kier alpha value is -3.70. The first-order chi connectivity index (χ1) is 18.0. The second kappa shape index (κ2) is 21.4. The summed E-state index contributed by atoms with van der Waals surface area (Å²) in [4.78, 5) is 67.5. The van der Waals surface area contributed by atoms with E-state index in [-0.39, 0.29) is 17.3 Å². The molecular weight excluding hydrogens is 576 g/mol. The summed E-state index contributed by atoms with van der Waals surface area (Å²) in [5.41, 5.74) is 0.799. The zero-order valence-electron chi connectivity index (χ0n) is 19.6. The SMILES string of the molecule is CC(=O)CCSSCC(CO[N+](=O)[O-])O[N+](=O)[O-].O=[N+]([O-])OCC(CSC#Cc1ccccc1)O[N+](=O)[O-]. The Labute approximate surface area is 227 Å². The second-order valence-electron chi connectivity index (χ2n) is 6.40. The highest BCUT2D eigenvalue weighted by molar-refractivity contribution is 8.76. The van der Waals surface area contributed by atoms with Crippen LogP contribution in [0.2, 0.25) is 0 Å². The van der Waals surface area contributed by atoms with Crippen LogP contribution in [-0.2, 0) is 24.1 Å². The Morgan fingerprint density at radius 3 is 1.84 bits per heavy atom. The highest BCUT2D eigenvalue weighted by Gasteiger charge is 2.16. The summed E-state index contributed by atoms with van der Waals surface area (Å²) in [5.74, 6) is 3.68. The van der Waals surface area contributed by atoms with Gasteiger partial charge >= 0.3 is 0 Å². The van der Waals surface area contributed by atoms with Crippen LogP contribution >= 0.6 is 33.3 Å². The summed E-state index contributed by atoms with van der Waals surface area (Å²) in [7, 11) is 2.57. The van der Waals surface area contributed by atoms with Crippen LogP contribution in [-0.4, -0.2) is 68.8 Å². The minimum Gasteiger partial charge on any atom is -0.312 e. The van der Waals surface area contributed by atoms with Gasteiger partial charge in [0, 0.05) is 29.2 Å². The molecule has 0 bridgehead atoms. The van der Waals surface area contributed by atoms with Gasteiger partial charge in [-0.2, -0.15) is 0 Å². The van der Waals surface area contributed by atoms with Gasteiger partial charge in [-0.05, 0) is 24.3 Å². The maximum Gasteiger partial charge on any atom is 0.294 e. The number of hydrogen-bond acceptors (Lipinski definition) is 16. The van der Waals surface area contributed by atoms with Crippen molar-refractivity contribution in [3.63, 3.8) is 0 Å². The van der Waals surface area contributed by atoms with E-state index >= 15 is 0 Å². The van der Waals surface area contributed by atoms with Gasteiger partial charge < -0.3 is 19.4 Å². The summed E-state index contributed by atoms with van der Waals surface area (Å²) in [6.07, 6.45) is -1.66. The summed E-state index contributed by atoms with van der Waals surface area (Å²) in [6.45, 7) is 0.442. The lowest BCUT2D eigenvalue weighted by Crippen LogP contribution is -2.26. The maximum absolute atomic E-state index is 10.6. The topological polar surface area (TPSA) is 227 Å². The molecule has 0 radical (unpaired) electrons. The Morgan fingerprint density at radius 1 is 0.842 bits per heavy atom. The van der Waals surface area contributed by atoms with E-state index in [9.17, 15) is 45.3 Å². The van der Waals surface area contributed by atoms with Crippen molar-refractivity contribution in [3.05, 3.63) is 76.4 Å². The zero-order chi connectivity index (χ0) is 28.8. The van der Waals surface area contributed by atoms with E-state index in [1.165, 1.54) is 28.5 Å². The normalized spacial score (nSPS) is 11.2. The summed E-state index contributed by atoms with van der Waals surface area (Å²) < 4.78 is 0. The van der Waals surface area contributed by atoms with Gasteiger partial charge in [0.25, 0.3) is 20.3 Å². The van der Waals surface area contributed by atoms with E-state index in [0.717, 1.165) is 17.3 Å². The quantitative estimate of drug-likeness (QED) is 0.0777. The molecule has 210 valence electrons. The van der Waals surface area contributed by atoms with Crippen molar-refractivity contribution in [3.8, 4) is 11.2 Å². The summed E-state index contributed by atoms with van der Waals surface area (Å²) in [6, 6.07) is 9.15. The van der Waals surface area contributed by atoms with Gasteiger partial charge in [0.15, 0.2) is 0 Å². The van der Waals surface area contributed by atoms with Crippen LogP contribution in [0.4, 0.5) is 0 Å². The molecule has 0 amide bonds. The standard InChI is InChI=1S/C11H10N2O6S.C7H12N2O7S2/c14-12(15)18-8-11(19-13(16)17)9-20-7-6-10-4-2-1-3-5-10;1-6(10)2-3-17-18-5-7(16-9(13)14)4-15-8(11)12/h1-5,11H,8-9H2;7H,2-5H2,1H3. The van der Waals surface area contributed by atoms with E-state index in [4.69, 9.17) is 0 Å². The van der Waals surface area contributed by atoms with Crippen molar-refractivity contribution >= 4 is 39.1 Å². The minimum atomic E-state index is -1.05. The number of carbonyl (C=O) groups is 1. The molecular formula is C18H22N4O13S3. The molecule has 0 N–H and O–H groups in total. The number of hydrogen-bond donors (Lipinski definition) is 0. The van der Waals surface area contributed by atoms with Gasteiger partial charge in [0.1, 0.15) is 31.2 Å². The molecule has 0 fully saturated rings. The molecule has 17 nitrogen and oxygen atoms in total. The monoisotopic (exact) mass is 598 g/mol. The van der Waals surface area contributed by atoms with Crippen LogP contribution in [0.25, 0.3) is 0 Å². The third kappa shape index (κ3) is 22.7. The molecule has 0 spiro atoms. The van der Waals surface area contributed by atoms with Crippen LogP contribution < -0.4 is 0 Å². The van der Waals surface area contributed by atoms with Crippen molar-refractivity contribution in [2.75, 3.05) is 30.5 Å². The predicted octanol–water partition coefficient (Wildman–Crippen LogP) is 2.65. The molecule has 20 heteroatoms. The minimum absolute atomic E-state index is 0.0536. The fourth-order valence-corrected chi connectivity index (χ4v) is 4.73. The number of carbonyl (C=O) groups excluding carboxylic acids is 1. The molecule has 1 aromatic carbocycles.